The normalized spacial score (nSPS) is 10.8. The number of hydrogen-bond donors (Lipinski definition) is 0. The van der Waals surface area contributed by atoms with Crippen LogP contribution in [0.5, 0.6) is 11.5 Å². The van der Waals surface area contributed by atoms with Crippen LogP contribution in [-0.4, -0.2) is 25.8 Å². The molecule has 6 rings (SSSR count). The van der Waals surface area contributed by atoms with Crippen molar-refractivity contribution in [2.75, 3.05) is 14.2 Å². The van der Waals surface area contributed by atoms with Crippen LogP contribution in [0.2, 0.25) is 0 Å². The summed E-state index contributed by atoms with van der Waals surface area (Å²) >= 11 is 0. The summed E-state index contributed by atoms with van der Waals surface area (Å²) in [6.45, 7) is 3.89. The SMILES string of the molecule is COc1ccccc1C(=O)c1cc(-c2ccccc2-c2ccccc2-c2ccc(OC)c(C(=O)c3ccccc3C)c2)ccc1C. The number of aryl methyl sites for hydroxylation is 2. The molecular weight excluding hydrogens is 568 g/mol. The van der Waals surface area contributed by atoms with Crippen molar-refractivity contribution in [3.05, 3.63) is 167 Å². The highest BCUT2D eigenvalue weighted by molar-refractivity contribution is 6.13. The van der Waals surface area contributed by atoms with Crippen molar-refractivity contribution in [2.45, 2.75) is 13.8 Å². The maximum absolute atomic E-state index is 13.8. The van der Waals surface area contributed by atoms with E-state index in [1.54, 1.807) is 26.4 Å². The first kappa shape index (κ1) is 30.3. The van der Waals surface area contributed by atoms with Gasteiger partial charge in [0.05, 0.1) is 25.3 Å². The molecule has 0 spiro atoms. The molecular formula is C42H34O4. The number of hydrogen-bond acceptors (Lipinski definition) is 4. The fraction of sp³-hybridized carbons (Fsp3) is 0.0952. The van der Waals surface area contributed by atoms with Gasteiger partial charge >= 0.3 is 0 Å². The highest BCUT2D eigenvalue weighted by Crippen LogP contribution is 2.40. The quantitative estimate of drug-likeness (QED) is 0.155. The molecule has 0 aliphatic carbocycles. The minimum Gasteiger partial charge on any atom is -0.496 e. The van der Waals surface area contributed by atoms with E-state index in [1.165, 1.54) is 0 Å². The van der Waals surface area contributed by atoms with E-state index < -0.39 is 0 Å². The smallest absolute Gasteiger partial charge is 0.197 e. The maximum Gasteiger partial charge on any atom is 0.197 e. The molecule has 4 nitrogen and oxygen atoms in total. The topological polar surface area (TPSA) is 52.6 Å². The summed E-state index contributed by atoms with van der Waals surface area (Å²) in [4.78, 5) is 27.5. The number of para-hydroxylation sites is 1. The summed E-state index contributed by atoms with van der Waals surface area (Å²) in [5, 5.41) is 0. The first-order valence-electron chi connectivity index (χ1n) is 15.2. The Bertz CT molecular complexity index is 2090. The summed E-state index contributed by atoms with van der Waals surface area (Å²) in [6, 6.07) is 43.1. The molecule has 0 aliphatic rings. The second kappa shape index (κ2) is 13.1. The van der Waals surface area contributed by atoms with E-state index in [2.05, 4.69) is 30.3 Å². The number of methoxy groups -OCH3 is 2. The standard InChI is InChI=1S/C42H34O4/c1-27-13-5-6-14-31(27)41(43)38-26-30(23-24-40(38)46-4)33-16-8-10-18-35(33)34-17-9-7-15-32(34)29-22-21-28(2)37(25-29)42(44)36-19-11-12-20-39(36)45-3/h5-26H,1-4H3. The molecule has 0 aliphatic heterocycles. The summed E-state index contributed by atoms with van der Waals surface area (Å²) in [5.41, 5.74) is 9.94. The van der Waals surface area contributed by atoms with E-state index in [4.69, 9.17) is 9.47 Å². The molecule has 0 amide bonds. The average Bonchev–Trinajstić information content (AvgIpc) is 3.11. The van der Waals surface area contributed by atoms with Gasteiger partial charge in [-0.1, -0.05) is 103 Å². The average molecular weight is 603 g/mol. The third kappa shape index (κ3) is 5.73. The minimum absolute atomic E-state index is 0.0819. The molecule has 0 atom stereocenters. The van der Waals surface area contributed by atoms with Crippen LogP contribution < -0.4 is 9.47 Å². The number of carbonyl (C=O) groups excluding carboxylic acids is 2. The van der Waals surface area contributed by atoms with E-state index in [9.17, 15) is 9.59 Å². The molecule has 0 N–H and O–H groups in total. The van der Waals surface area contributed by atoms with Crippen LogP contribution in [0.15, 0.2) is 133 Å². The Balaban J connectivity index is 1.46. The molecule has 226 valence electrons. The summed E-state index contributed by atoms with van der Waals surface area (Å²) in [6.07, 6.45) is 0. The molecule has 0 saturated heterocycles. The Morgan fingerprint density at radius 3 is 1.46 bits per heavy atom. The Kier molecular flexibility index (Phi) is 8.62. The van der Waals surface area contributed by atoms with Gasteiger partial charge in [-0.25, -0.2) is 0 Å². The van der Waals surface area contributed by atoms with Gasteiger partial charge in [0, 0.05) is 11.1 Å². The molecule has 46 heavy (non-hydrogen) atoms. The predicted molar refractivity (Wildman–Crippen MR) is 185 cm³/mol. The van der Waals surface area contributed by atoms with Crippen LogP contribution in [0.25, 0.3) is 33.4 Å². The Morgan fingerprint density at radius 2 is 0.848 bits per heavy atom. The lowest BCUT2D eigenvalue weighted by molar-refractivity contribution is 0.102. The van der Waals surface area contributed by atoms with Crippen LogP contribution in [0, 0.1) is 13.8 Å². The molecule has 4 heteroatoms. The Morgan fingerprint density at radius 1 is 0.413 bits per heavy atom. The molecule has 6 aromatic carbocycles. The van der Waals surface area contributed by atoms with Gasteiger partial charge in [-0.2, -0.15) is 0 Å². The van der Waals surface area contributed by atoms with Gasteiger partial charge in [-0.15, -0.1) is 0 Å². The lowest BCUT2D eigenvalue weighted by Crippen LogP contribution is -2.06. The highest BCUT2D eigenvalue weighted by atomic mass is 16.5. The van der Waals surface area contributed by atoms with Gasteiger partial charge in [-0.05, 0) is 88.7 Å². The highest BCUT2D eigenvalue weighted by Gasteiger charge is 2.21. The molecule has 0 saturated carbocycles. The van der Waals surface area contributed by atoms with E-state index in [0.717, 1.165) is 44.5 Å². The zero-order valence-corrected chi connectivity index (χ0v) is 26.3. The lowest BCUT2D eigenvalue weighted by Gasteiger charge is -2.17. The number of benzene rings is 6. The second-order valence-corrected chi connectivity index (χ2v) is 11.2. The number of ether oxygens (including phenoxy) is 2. The number of ketones is 2. The third-order valence-electron chi connectivity index (χ3n) is 8.43. The summed E-state index contributed by atoms with van der Waals surface area (Å²) < 4.78 is 11.1. The van der Waals surface area contributed by atoms with Crippen molar-refractivity contribution in [1.29, 1.82) is 0 Å². The van der Waals surface area contributed by atoms with E-state index in [0.29, 0.717) is 33.8 Å². The first-order chi connectivity index (χ1) is 22.4. The van der Waals surface area contributed by atoms with Crippen molar-refractivity contribution in [3.8, 4) is 44.9 Å². The number of carbonyl (C=O) groups is 2. The van der Waals surface area contributed by atoms with Gasteiger partial charge in [0.2, 0.25) is 0 Å². The lowest BCUT2D eigenvalue weighted by atomic mass is 9.87. The minimum atomic E-state index is -0.0845. The molecule has 0 radical (unpaired) electrons. The fourth-order valence-electron chi connectivity index (χ4n) is 5.98. The molecule has 6 aromatic rings. The zero-order chi connectivity index (χ0) is 32.2. The van der Waals surface area contributed by atoms with Gasteiger partial charge in [-0.3, -0.25) is 9.59 Å². The number of rotatable bonds is 9. The fourth-order valence-corrected chi connectivity index (χ4v) is 5.98. The molecule has 0 bridgehead atoms. The zero-order valence-electron chi connectivity index (χ0n) is 26.3. The molecule has 0 heterocycles. The second-order valence-electron chi connectivity index (χ2n) is 11.2. The van der Waals surface area contributed by atoms with Crippen LogP contribution in [0.3, 0.4) is 0 Å². The van der Waals surface area contributed by atoms with E-state index in [-0.39, 0.29) is 11.6 Å². The Labute approximate surface area is 269 Å². The van der Waals surface area contributed by atoms with Crippen molar-refractivity contribution in [2.24, 2.45) is 0 Å². The van der Waals surface area contributed by atoms with Crippen molar-refractivity contribution in [3.63, 3.8) is 0 Å². The van der Waals surface area contributed by atoms with Crippen LogP contribution >= 0.6 is 0 Å². The van der Waals surface area contributed by atoms with Crippen LogP contribution in [0.1, 0.15) is 43.0 Å². The van der Waals surface area contributed by atoms with Gasteiger partial charge in [0.1, 0.15) is 11.5 Å². The van der Waals surface area contributed by atoms with Crippen molar-refractivity contribution >= 4 is 11.6 Å². The predicted octanol–water partition coefficient (Wildman–Crippen LogP) is 9.78. The van der Waals surface area contributed by atoms with Crippen LogP contribution in [-0.2, 0) is 0 Å². The van der Waals surface area contributed by atoms with Gasteiger partial charge < -0.3 is 9.47 Å². The largest absolute Gasteiger partial charge is 0.496 e. The van der Waals surface area contributed by atoms with Gasteiger partial charge in [0.25, 0.3) is 0 Å². The van der Waals surface area contributed by atoms with E-state index >= 15 is 0 Å². The van der Waals surface area contributed by atoms with Crippen molar-refractivity contribution in [1.82, 2.24) is 0 Å². The molecule has 0 fully saturated rings. The maximum atomic E-state index is 13.8. The summed E-state index contributed by atoms with van der Waals surface area (Å²) in [7, 11) is 3.16. The van der Waals surface area contributed by atoms with E-state index in [1.807, 2.05) is 105 Å². The molecule has 0 unspecified atom stereocenters. The summed E-state index contributed by atoms with van der Waals surface area (Å²) in [5.74, 6) is 0.911. The molecule has 0 aromatic heterocycles. The first-order valence-corrected chi connectivity index (χ1v) is 15.2. The van der Waals surface area contributed by atoms with Gasteiger partial charge in [0.15, 0.2) is 11.6 Å². The third-order valence-corrected chi connectivity index (χ3v) is 8.43. The monoisotopic (exact) mass is 602 g/mol. The van der Waals surface area contributed by atoms with Crippen LogP contribution in [0.4, 0.5) is 0 Å². The van der Waals surface area contributed by atoms with Crippen molar-refractivity contribution < 1.29 is 19.1 Å². The Hall–Kier alpha value is -5.74.